The Balaban J connectivity index is 1.72. The smallest absolute Gasteiger partial charge is 0.416 e. The standard InChI is InChI=1S/C17H22N2O5/c1-12(2)14-11-24-17(22)19(14)15(20)8-9-18-16(21)23-10-13-6-4-3-5-7-13/h3-7,12,14H,8-11H2,1-2H3,(H,18,21)/t14-/m0/s1. The number of rotatable bonds is 6. The zero-order valence-electron chi connectivity index (χ0n) is 13.9. The van der Waals surface area contributed by atoms with Gasteiger partial charge in [0.05, 0.1) is 6.04 Å². The molecule has 1 atom stereocenters. The van der Waals surface area contributed by atoms with E-state index in [1.165, 1.54) is 0 Å². The van der Waals surface area contributed by atoms with E-state index in [4.69, 9.17) is 9.47 Å². The molecule has 0 aliphatic carbocycles. The molecule has 1 N–H and O–H groups in total. The topological polar surface area (TPSA) is 84.9 Å². The monoisotopic (exact) mass is 334 g/mol. The second kappa shape index (κ2) is 8.33. The van der Waals surface area contributed by atoms with Crippen molar-refractivity contribution in [2.45, 2.75) is 32.9 Å². The summed E-state index contributed by atoms with van der Waals surface area (Å²) in [4.78, 5) is 36.6. The molecule has 0 saturated carbocycles. The van der Waals surface area contributed by atoms with E-state index in [1.807, 2.05) is 44.2 Å². The van der Waals surface area contributed by atoms with Gasteiger partial charge in [-0.05, 0) is 11.5 Å². The normalized spacial score (nSPS) is 16.9. The van der Waals surface area contributed by atoms with E-state index in [0.717, 1.165) is 10.5 Å². The van der Waals surface area contributed by atoms with E-state index in [-0.39, 0.29) is 44.0 Å². The zero-order chi connectivity index (χ0) is 17.5. The number of cyclic esters (lactones) is 1. The molecule has 7 heteroatoms. The molecule has 3 amide bonds. The van der Waals surface area contributed by atoms with Crippen molar-refractivity contribution in [2.24, 2.45) is 5.92 Å². The summed E-state index contributed by atoms with van der Waals surface area (Å²) in [5, 5.41) is 2.51. The lowest BCUT2D eigenvalue weighted by Gasteiger charge is -2.22. The third-order valence-electron chi connectivity index (χ3n) is 3.77. The Bertz CT molecular complexity index is 588. The molecule has 1 aliphatic rings. The second-order valence-corrected chi connectivity index (χ2v) is 5.89. The summed E-state index contributed by atoms with van der Waals surface area (Å²) in [7, 11) is 0. The Labute approximate surface area is 140 Å². The summed E-state index contributed by atoms with van der Waals surface area (Å²) in [6.07, 6.45) is -1.21. The lowest BCUT2D eigenvalue weighted by atomic mass is 10.0. The van der Waals surface area contributed by atoms with Crippen LogP contribution in [0.1, 0.15) is 25.8 Å². The van der Waals surface area contributed by atoms with Crippen LogP contribution in [0, 0.1) is 5.92 Å². The number of imide groups is 1. The Morgan fingerprint density at radius 1 is 1.33 bits per heavy atom. The highest BCUT2D eigenvalue weighted by atomic mass is 16.6. The van der Waals surface area contributed by atoms with Gasteiger partial charge in [-0.15, -0.1) is 0 Å². The van der Waals surface area contributed by atoms with E-state index in [1.54, 1.807) is 0 Å². The van der Waals surface area contributed by atoms with Crippen LogP contribution in [0.5, 0.6) is 0 Å². The molecule has 130 valence electrons. The fourth-order valence-electron chi connectivity index (χ4n) is 2.38. The molecule has 0 unspecified atom stereocenters. The summed E-state index contributed by atoms with van der Waals surface area (Å²) < 4.78 is 9.98. The van der Waals surface area contributed by atoms with Gasteiger partial charge >= 0.3 is 12.2 Å². The summed E-state index contributed by atoms with van der Waals surface area (Å²) in [5.41, 5.74) is 0.878. The first-order valence-corrected chi connectivity index (χ1v) is 7.92. The molecule has 0 bridgehead atoms. The number of hydrogen-bond donors (Lipinski definition) is 1. The van der Waals surface area contributed by atoms with Crippen LogP contribution in [0.3, 0.4) is 0 Å². The molecule has 0 aromatic heterocycles. The fraction of sp³-hybridized carbons (Fsp3) is 0.471. The van der Waals surface area contributed by atoms with Gasteiger partial charge in [-0.3, -0.25) is 4.79 Å². The average Bonchev–Trinajstić information content (AvgIpc) is 2.96. The van der Waals surface area contributed by atoms with Crippen molar-refractivity contribution in [2.75, 3.05) is 13.2 Å². The number of nitrogens with one attached hydrogen (secondary N) is 1. The lowest BCUT2D eigenvalue weighted by molar-refractivity contribution is -0.129. The summed E-state index contributed by atoms with van der Waals surface area (Å²) >= 11 is 0. The first-order chi connectivity index (χ1) is 11.5. The number of hydrogen-bond acceptors (Lipinski definition) is 5. The average molecular weight is 334 g/mol. The van der Waals surface area contributed by atoms with E-state index < -0.39 is 12.2 Å². The van der Waals surface area contributed by atoms with Crippen LogP contribution in [-0.4, -0.2) is 42.2 Å². The van der Waals surface area contributed by atoms with Crippen LogP contribution in [0.4, 0.5) is 9.59 Å². The Morgan fingerprint density at radius 2 is 2.04 bits per heavy atom. The van der Waals surface area contributed by atoms with Crippen molar-refractivity contribution in [3.05, 3.63) is 35.9 Å². The van der Waals surface area contributed by atoms with Crippen molar-refractivity contribution in [3.63, 3.8) is 0 Å². The number of carbonyl (C=O) groups is 3. The third-order valence-corrected chi connectivity index (χ3v) is 3.77. The number of nitrogens with zero attached hydrogens (tertiary/aromatic N) is 1. The van der Waals surface area contributed by atoms with E-state index in [2.05, 4.69) is 5.32 Å². The molecule has 0 spiro atoms. The Morgan fingerprint density at radius 3 is 2.71 bits per heavy atom. The van der Waals surface area contributed by atoms with Gasteiger partial charge in [0.25, 0.3) is 0 Å². The summed E-state index contributed by atoms with van der Waals surface area (Å²) in [6, 6.07) is 9.03. The molecule has 1 heterocycles. The van der Waals surface area contributed by atoms with Crippen LogP contribution >= 0.6 is 0 Å². The maximum atomic E-state index is 12.2. The van der Waals surface area contributed by atoms with Crippen molar-refractivity contribution in [1.29, 1.82) is 0 Å². The minimum Gasteiger partial charge on any atom is -0.447 e. The fourth-order valence-corrected chi connectivity index (χ4v) is 2.38. The first-order valence-electron chi connectivity index (χ1n) is 7.92. The van der Waals surface area contributed by atoms with Crippen LogP contribution in [-0.2, 0) is 20.9 Å². The van der Waals surface area contributed by atoms with Crippen LogP contribution in [0.25, 0.3) is 0 Å². The highest BCUT2D eigenvalue weighted by Crippen LogP contribution is 2.20. The molecule has 1 saturated heterocycles. The van der Waals surface area contributed by atoms with Gasteiger partial charge in [0, 0.05) is 13.0 Å². The Hall–Kier alpha value is -2.57. The number of carbonyl (C=O) groups excluding carboxylic acids is 3. The predicted octanol–water partition coefficient (Wildman–Crippen LogP) is 2.31. The quantitative estimate of drug-likeness (QED) is 0.863. The van der Waals surface area contributed by atoms with Crippen molar-refractivity contribution < 1.29 is 23.9 Å². The largest absolute Gasteiger partial charge is 0.447 e. The molecule has 1 aromatic carbocycles. The number of amides is 3. The minimum absolute atomic E-state index is 0.0127. The zero-order valence-corrected chi connectivity index (χ0v) is 13.9. The molecule has 7 nitrogen and oxygen atoms in total. The van der Waals surface area contributed by atoms with Crippen LogP contribution in [0.15, 0.2) is 30.3 Å². The maximum Gasteiger partial charge on any atom is 0.416 e. The van der Waals surface area contributed by atoms with Gasteiger partial charge in [-0.25, -0.2) is 14.5 Å². The third kappa shape index (κ3) is 4.71. The van der Waals surface area contributed by atoms with Crippen molar-refractivity contribution >= 4 is 18.1 Å². The SMILES string of the molecule is CC(C)[C@@H]1COC(=O)N1C(=O)CCNC(=O)OCc1ccccc1. The maximum absolute atomic E-state index is 12.2. The van der Waals surface area contributed by atoms with Gasteiger partial charge < -0.3 is 14.8 Å². The van der Waals surface area contributed by atoms with Crippen LogP contribution in [0.2, 0.25) is 0 Å². The number of alkyl carbamates (subject to hydrolysis) is 1. The van der Waals surface area contributed by atoms with Gasteiger partial charge in [0.15, 0.2) is 0 Å². The second-order valence-electron chi connectivity index (χ2n) is 5.89. The molecule has 0 radical (unpaired) electrons. The van der Waals surface area contributed by atoms with E-state index in [0.29, 0.717) is 0 Å². The lowest BCUT2D eigenvalue weighted by Crippen LogP contribution is -2.43. The molecule has 1 aliphatic heterocycles. The van der Waals surface area contributed by atoms with Gasteiger partial charge in [0.1, 0.15) is 13.2 Å². The molecule has 24 heavy (non-hydrogen) atoms. The molecule has 1 fully saturated rings. The highest BCUT2D eigenvalue weighted by molar-refractivity contribution is 5.93. The summed E-state index contributed by atoms with van der Waals surface area (Å²) in [6.45, 7) is 4.32. The van der Waals surface area contributed by atoms with E-state index in [9.17, 15) is 14.4 Å². The molecule has 1 aromatic rings. The summed E-state index contributed by atoms with van der Waals surface area (Å²) in [5.74, 6) is -0.247. The van der Waals surface area contributed by atoms with Crippen LogP contribution < -0.4 is 5.32 Å². The van der Waals surface area contributed by atoms with Crippen molar-refractivity contribution in [1.82, 2.24) is 10.2 Å². The number of ether oxygens (including phenoxy) is 2. The molecular formula is C17H22N2O5. The van der Waals surface area contributed by atoms with Gasteiger partial charge in [-0.1, -0.05) is 44.2 Å². The highest BCUT2D eigenvalue weighted by Gasteiger charge is 2.39. The van der Waals surface area contributed by atoms with E-state index >= 15 is 0 Å². The van der Waals surface area contributed by atoms with Gasteiger partial charge in [0.2, 0.25) is 5.91 Å². The molecular weight excluding hydrogens is 312 g/mol. The van der Waals surface area contributed by atoms with Gasteiger partial charge in [-0.2, -0.15) is 0 Å². The van der Waals surface area contributed by atoms with Crippen molar-refractivity contribution in [3.8, 4) is 0 Å². The Kier molecular flexibility index (Phi) is 6.17. The predicted molar refractivity (Wildman–Crippen MR) is 86.1 cm³/mol. The number of benzene rings is 1. The first kappa shape index (κ1) is 17.8. The molecule has 2 rings (SSSR count). The minimum atomic E-state index is -0.620.